The van der Waals surface area contributed by atoms with Crippen molar-refractivity contribution in [3.05, 3.63) is 95.1 Å². The number of carbonyl (C=O) groups excluding carboxylic acids is 2. The van der Waals surface area contributed by atoms with Gasteiger partial charge in [-0.25, -0.2) is 0 Å². The van der Waals surface area contributed by atoms with Crippen molar-refractivity contribution in [1.82, 2.24) is 0 Å². The lowest BCUT2D eigenvalue weighted by atomic mass is 9.79. The number of nitrogens with one attached hydrogen (secondary N) is 1. The van der Waals surface area contributed by atoms with E-state index in [1.807, 2.05) is 30.3 Å². The summed E-state index contributed by atoms with van der Waals surface area (Å²) in [6.45, 7) is 3.59. The van der Waals surface area contributed by atoms with Crippen molar-refractivity contribution in [3.63, 3.8) is 0 Å². The van der Waals surface area contributed by atoms with Crippen molar-refractivity contribution in [1.29, 1.82) is 0 Å². The first-order valence-electron chi connectivity index (χ1n) is 10.5. The van der Waals surface area contributed by atoms with Crippen LogP contribution in [-0.4, -0.2) is 11.7 Å². The van der Waals surface area contributed by atoms with Gasteiger partial charge >= 0.3 is 0 Å². The van der Waals surface area contributed by atoms with Crippen LogP contribution in [0.4, 0.5) is 11.4 Å². The molecule has 0 fully saturated rings. The molecular formula is C26H24N2O3. The lowest BCUT2D eigenvalue weighted by molar-refractivity contribution is -0.117. The van der Waals surface area contributed by atoms with E-state index < -0.39 is 6.04 Å². The van der Waals surface area contributed by atoms with Gasteiger partial charge in [0.15, 0.2) is 5.78 Å². The van der Waals surface area contributed by atoms with Crippen molar-refractivity contribution < 1.29 is 14.0 Å². The fourth-order valence-electron chi connectivity index (χ4n) is 4.73. The third-order valence-corrected chi connectivity index (χ3v) is 6.19. The van der Waals surface area contributed by atoms with Crippen LogP contribution in [0.3, 0.4) is 0 Å². The maximum absolute atomic E-state index is 13.6. The van der Waals surface area contributed by atoms with Gasteiger partial charge in [-0.2, -0.15) is 0 Å². The number of rotatable bonds is 2. The van der Waals surface area contributed by atoms with E-state index in [2.05, 4.69) is 36.5 Å². The molecule has 0 unspecified atom stereocenters. The van der Waals surface area contributed by atoms with E-state index in [1.165, 1.54) is 12.5 Å². The summed E-state index contributed by atoms with van der Waals surface area (Å²) < 4.78 is 5.74. The van der Waals surface area contributed by atoms with Gasteiger partial charge in [-0.05, 0) is 49.1 Å². The number of hydrogen-bond donors (Lipinski definition) is 1. The van der Waals surface area contributed by atoms with Crippen molar-refractivity contribution in [2.45, 2.75) is 38.6 Å². The molecule has 31 heavy (non-hydrogen) atoms. The monoisotopic (exact) mass is 412 g/mol. The number of nitrogens with zero attached hydrogens (tertiary/aromatic N) is 1. The van der Waals surface area contributed by atoms with E-state index in [9.17, 15) is 9.59 Å². The van der Waals surface area contributed by atoms with E-state index in [-0.39, 0.29) is 17.6 Å². The first kappa shape index (κ1) is 19.4. The minimum atomic E-state index is -0.592. The molecule has 0 bridgehead atoms. The second kappa shape index (κ2) is 7.58. The molecule has 5 nitrogen and oxygen atoms in total. The molecule has 1 aliphatic carbocycles. The van der Waals surface area contributed by atoms with E-state index in [0.29, 0.717) is 24.2 Å². The first-order valence-corrected chi connectivity index (χ1v) is 10.5. The molecule has 2 aromatic carbocycles. The van der Waals surface area contributed by atoms with Crippen LogP contribution in [-0.2, 0) is 9.59 Å². The Hall–Kier alpha value is -3.60. The zero-order valence-electron chi connectivity index (χ0n) is 17.6. The molecule has 2 heterocycles. The highest BCUT2D eigenvalue weighted by Gasteiger charge is 2.41. The summed E-state index contributed by atoms with van der Waals surface area (Å²) >= 11 is 0. The number of aryl methyl sites for hydroxylation is 1. The number of amides is 1. The van der Waals surface area contributed by atoms with E-state index >= 15 is 0 Å². The van der Waals surface area contributed by atoms with E-state index in [1.54, 1.807) is 17.2 Å². The molecule has 5 rings (SSSR count). The summed E-state index contributed by atoms with van der Waals surface area (Å²) in [6, 6.07) is 19.1. The van der Waals surface area contributed by atoms with Crippen LogP contribution >= 0.6 is 0 Å². The van der Waals surface area contributed by atoms with Crippen LogP contribution in [0.25, 0.3) is 0 Å². The van der Waals surface area contributed by atoms with E-state index in [0.717, 1.165) is 22.6 Å². The molecule has 2 atom stereocenters. The Morgan fingerprint density at radius 3 is 2.52 bits per heavy atom. The van der Waals surface area contributed by atoms with Crippen LogP contribution in [0.1, 0.15) is 48.6 Å². The Balaban J connectivity index is 1.67. The van der Waals surface area contributed by atoms with Gasteiger partial charge in [0, 0.05) is 24.6 Å². The van der Waals surface area contributed by atoms with Crippen LogP contribution in [0, 0.1) is 6.92 Å². The largest absolute Gasteiger partial charge is 0.467 e. The van der Waals surface area contributed by atoms with Gasteiger partial charge in [-0.3, -0.25) is 14.5 Å². The van der Waals surface area contributed by atoms with Gasteiger partial charge in [0.05, 0.1) is 17.6 Å². The third-order valence-electron chi connectivity index (χ3n) is 6.19. The molecule has 0 spiro atoms. The molecule has 1 N–H and O–H groups in total. The van der Waals surface area contributed by atoms with Crippen LogP contribution < -0.4 is 10.2 Å². The number of furan rings is 1. The number of anilines is 2. The average molecular weight is 412 g/mol. The summed E-state index contributed by atoms with van der Waals surface area (Å²) in [6.07, 6.45) is 2.69. The average Bonchev–Trinajstić information content (AvgIpc) is 3.23. The number of allylic oxidation sites excluding steroid dienone is 1. The number of fused-ring (bicyclic) bond motifs is 1. The first-order chi connectivity index (χ1) is 15.0. The molecule has 1 aliphatic heterocycles. The molecule has 0 saturated carbocycles. The normalized spacial score (nSPS) is 20.6. The zero-order valence-corrected chi connectivity index (χ0v) is 17.6. The van der Waals surface area contributed by atoms with Gasteiger partial charge in [-0.15, -0.1) is 0 Å². The molecule has 1 aromatic heterocycles. The quantitative estimate of drug-likeness (QED) is 0.603. The molecule has 0 radical (unpaired) electrons. The lowest BCUT2D eigenvalue weighted by Crippen LogP contribution is -2.37. The zero-order chi connectivity index (χ0) is 21.5. The topological polar surface area (TPSA) is 62.6 Å². The fraction of sp³-hybridized carbons (Fsp3) is 0.231. The number of carbonyl (C=O) groups is 2. The Morgan fingerprint density at radius 2 is 1.81 bits per heavy atom. The summed E-state index contributed by atoms with van der Waals surface area (Å²) in [5, 5.41) is 3.50. The second-order valence-electron chi connectivity index (χ2n) is 8.28. The Kier molecular flexibility index (Phi) is 4.74. The van der Waals surface area contributed by atoms with Crippen molar-refractivity contribution in [2.75, 3.05) is 10.2 Å². The smallest absolute Gasteiger partial charge is 0.224 e. The van der Waals surface area contributed by atoms with Gasteiger partial charge < -0.3 is 9.73 Å². The highest BCUT2D eigenvalue weighted by molar-refractivity contribution is 6.05. The molecule has 156 valence electrons. The van der Waals surface area contributed by atoms with Crippen molar-refractivity contribution in [3.8, 4) is 0 Å². The predicted octanol–water partition coefficient (Wildman–Crippen LogP) is 5.51. The number of ketones is 1. The summed E-state index contributed by atoms with van der Waals surface area (Å²) in [5.74, 6) is 0.577. The Morgan fingerprint density at radius 1 is 1.03 bits per heavy atom. The van der Waals surface area contributed by atoms with Crippen LogP contribution in [0.15, 0.2) is 82.6 Å². The van der Waals surface area contributed by atoms with Gasteiger partial charge in [0.25, 0.3) is 0 Å². The van der Waals surface area contributed by atoms with Gasteiger partial charge in [0.1, 0.15) is 11.8 Å². The third kappa shape index (κ3) is 3.36. The standard InChI is InChI=1S/C26H24N2O3/c1-16-9-11-18(12-10-16)19-14-21-25(23(30)15-19)26(24-8-5-13-31-24)28(17(2)29)22-7-4-3-6-20(22)27-21/h3-13,19,26-27H,14-15H2,1-2H3/t19-,26-/m0/s1. The second-order valence-corrected chi connectivity index (χ2v) is 8.28. The Bertz CT molecular complexity index is 1180. The maximum atomic E-state index is 13.6. The molecular weight excluding hydrogens is 388 g/mol. The predicted molar refractivity (Wildman–Crippen MR) is 120 cm³/mol. The minimum absolute atomic E-state index is 0.0415. The van der Waals surface area contributed by atoms with Crippen LogP contribution in [0.2, 0.25) is 0 Å². The van der Waals surface area contributed by atoms with Crippen LogP contribution in [0.5, 0.6) is 0 Å². The summed E-state index contributed by atoms with van der Waals surface area (Å²) in [7, 11) is 0. The molecule has 1 amide bonds. The molecule has 2 aliphatic rings. The van der Waals surface area contributed by atoms with Crippen molar-refractivity contribution in [2.24, 2.45) is 0 Å². The summed E-state index contributed by atoms with van der Waals surface area (Å²) in [4.78, 5) is 28.1. The number of hydrogen-bond acceptors (Lipinski definition) is 4. The lowest BCUT2D eigenvalue weighted by Gasteiger charge is -2.33. The minimum Gasteiger partial charge on any atom is -0.467 e. The highest BCUT2D eigenvalue weighted by atomic mass is 16.3. The Labute approximate surface area is 181 Å². The summed E-state index contributed by atoms with van der Waals surface area (Å²) in [5.41, 5.74) is 5.39. The van der Waals surface area contributed by atoms with Gasteiger partial charge in [-0.1, -0.05) is 42.0 Å². The highest BCUT2D eigenvalue weighted by Crippen LogP contribution is 2.47. The maximum Gasteiger partial charge on any atom is 0.224 e. The molecule has 5 heteroatoms. The number of para-hydroxylation sites is 2. The fourth-order valence-corrected chi connectivity index (χ4v) is 4.73. The number of benzene rings is 2. The molecule has 3 aromatic rings. The van der Waals surface area contributed by atoms with Gasteiger partial charge in [0.2, 0.25) is 5.91 Å². The number of Topliss-reactive ketones (excluding diaryl/α,β-unsaturated/α-hetero) is 1. The molecule has 0 saturated heterocycles. The van der Waals surface area contributed by atoms with Crippen molar-refractivity contribution >= 4 is 23.1 Å². The SMILES string of the molecule is CC(=O)N1c2ccccc2NC2=C(C(=O)C[C@@H](c3ccc(C)cc3)C2)[C@@H]1c1ccco1. The van der Waals surface area contributed by atoms with E-state index in [4.69, 9.17) is 4.42 Å².